The number of ether oxygens (including phenoxy) is 3. The van der Waals surface area contributed by atoms with Crippen molar-refractivity contribution in [2.75, 3.05) is 13.2 Å². The van der Waals surface area contributed by atoms with Gasteiger partial charge < -0.3 is 14.2 Å². The van der Waals surface area contributed by atoms with Crippen LogP contribution in [0.5, 0.6) is 0 Å². The fourth-order valence-electron chi connectivity index (χ4n) is 8.25. The van der Waals surface area contributed by atoms with Crippen LogP contribution in [0.2, 0.25) is 0 Å². The van der Waals surface area contributed by atoms with Crippen molar-refractivity contribution in [3.8, 4) is 0 Å². The summed E-state index contributed by atoms with van der Waals surface area (Å²) < 4.78 is 16.9. The van der Waals surface area contributed by atoms with Gasteiger partial charge in [0.2, 0.25) is 0 Å². The van der Waals surface area contributed by atoms with E-state index in [-0.39, 0.29) is 31.1 Å². The standard InChI is InChI=1S/C66H112O6/c1-4-7-10-13-16-19-22-24-26-28-30-31-32-33-34-35-36-38-39-41-44-47-50-53-56-59-65(68)71-62-63(61-70-64(67)58-55-52-49-46-43-21-18-15-12-9-6-3)72-66(69)60-57-54-51-48-45-42-40-37-29-27-25-23-20-17-14-11-8-5-2/h7,10,15-16,18-20,23-24,26-27,29-31,33-34,63H,4-6,8-9,11-14,17,21-22,25,28,32,35-62H2,1-3H3/b10-7-,18-15-,19-16-,23-20-,26-24-,29-27-,31-30-,34-33-. The topological polar surface area (TPSA) is 78.9 Å². The molecule has 1 atom stereocenters. The third-order valence-corrected chi connectivity index (χ3v) is 12.8. The van der Waals surface area contributed by atoms with Crippen molar-refractivity contribution < 1.29 is 28.6 Å². The highest BCUT2D eigenvalue weighted by Gasteiger charge is 2.19. The maximum absolute atomic E-state index is 12.9. The lowest BCUT2D eigenvalue weighted by molar-refractivity contribution is -0.167. The fourth-order valence-corrected chi connectivity index (χ4v) is 8.25. The number of carbonyl (C=O) groups excluding carboxylic acids is 3. The Morgan fingerprint density at radius 2 is 0.556 bits per heavy atom. The predicted molar refractivity (Wildman–Crippen MR) is 311 cm³/mol. The quantitative estimate of drug-likeness (QED) is 0.0261. The Morgan fingerprint density at radius 3 is 0.903 bits per heavy atom. The lowest BCUT2D eigenvalue weighted by Crippen LogP contribution is -2.30. The van der Waals surface area contributed by atoms with E-state index in [1.54, 1.807) is 0 Å². The molecule has 6 heteroatoms. The van der Waals surface area contributed by atoms with Crippen LogP contribution in [-0.2, 0) is 28.6 Å². The number of hydrogen-bond acceptors (Lipinski definition) is 6. The average Bonchev–Trinajstić information content (AvgIpc) is 3.38. The highest BCUT2D eigenvalue weighted by atomic mass is 16.6. The monoisotopic (exact) mass is 1000 g/mol. The summed E-state index contributed by atoms with van der Waals surface area (Å²) in [4.78, 5) is 38.2. The summed E-state index contributed by atoms with van der Waals surface area (Å²) in [5.74, 6) is -0.905. The number of unbranched alkanes of at least 4 members (excludes halogenated alkanes) is 27. The fraction of sp³-hybridized carbons (Fsp3) is 0.712. The van der Waals surface area contributed by atoms with Crippen LogP contribution in [0, 0.1) is 0 Å². The normalized spacial score (nSPS) is 12.8. The smallest absolute Gasteiger partial charge is 0.306 e. The molecule has 0 aromatic rings. The summed E-state index contributed by atoms with van der Waals surface area (Å²) in [5, 5.41) is 0. The Kier molecular flexibility index (Phi) is 56.8. The molecule has 0 aromatic carbocycles. The van der Waals surface area contributed by atoms with Gasteiger partial charge in [0.25, 0.3) is 0 Å². The van der Waals surface area contributed by atoms with Crippen LogP contribution in [0.1, 0.15) is 284 Å². The first-order valence-corrected chi connectivity index (χ1v) is 30.2. The van der Waals surface area contributed by atoms with Gasteiger partial charge in [0.05, 0.1) is 0 Å². The molecule has 0 saturated carbocycles. The summed E-state index contributed by atoms with van der Waals surface area (Å²) in [6.07, 6.45) is 79.7. The summed E-state index contributed by atoms with van der Waals surface area (Å²) in [5.41, 5.74) is 0. The van der Waals surface area contributed by atoms with E-state index >= 15 is 0 Å². The summed E-state index contributed by atoms with van der Waals surface area (Å²) in [6, 6.07) is 0. The lowest BCUT2D eigenvalue weighted by Gasteiger charge is -2.18. The summed E-state index contributed by atoms with van der Waals surface area (Å²) in [7, 11) is 0. The van der Waals surface area contributed by atoms with Gasteiger partial charge in [0.15, 0.2) is 6.10 Å². The Hall–Kier alpha value is -3.67. The van der Waals surface area contributed by atoms with Gasteiger partial charge in [-0.15, -0.1) is 0 Å². The molecular formula is C66H112O6. The van der Waals surface area contributed by atoms with Gasteiger partial charge >= 0.3 is 17.9 Å². The molecule has 0 heterocycles. The van der Waals surface area contributed by atoms with E-state index in [1.165, 1.54) is 128 Å². The van der Waals surface area contributed by atoms with Gasteiger partial charge in [0.1, 0.15) is 13.2 Å². The summed E-state index contributed by atoms with van der Waals surface area (Å²) in [6.45, 7) is 6.47. The molecule has 72 heavy (non-hydrogen) atoms. The molecule has 0 fully saturated rings. The number of carbonyl (C=O) groups is 3. The number of allylic oxidation sites excluding steroid dienone is 16. The minimum atomic E-state index is -0.788. The molecule has 0 amide bonds. The Labute approximate surface area is 445 Å². The first-order valence-electron chi connectivity index (χ1n) is 30.2. The first-order chi connectivity index (χ1) is 35.5. The van der Waals surface area contributed by atoms with Crippen LogP contribution in [0.25, 0.3) is 0 Å². The molecule has 0 radical (unpaired) electrons. The zero-order chi connectivity index (χ0) is 52.2. The zero-order valence-electron chi connectivity index (χ0n) is 47.2. The predicted octanol–water partition coefficient (Wildman–Crippen LogP) is 20.5. The van der Waals surface area contributed by atoms with E-state index in [0.717, 1.165) is 116 Å². The van der Waals surface area contributed by atoms with Gasteiger partial charge in [-0.05, 0) is 116 Å². The maximum atomic E-state index is 12.9. The molecule has 0 N–H and O–H groups in total. The third kappa shape index (κ3) is 57.2. The van der Waals surface area contributed by atoms with Crippen LogP contribution < -0.4 is 0 Å². The van der Waals surface area contributed by atoms with Crippen molar-refractivity contribution in [3.05, 3.63) is 97.2 Å². The molecule has 0 aliphatic heterocycles. The molecule has 412 valence electrons. The second-order valence-electron chi connectivity index (χ2n) is 19.9. The van der Waals surface area contributed by atoms with Crippen LogP contribution in [0.4, 0.5) is 0 Å². The highest BCUT2D eigenvalue weighted by molar-refractivity contribution is 5.71. The van der Waals surface area contributed by atoms with Crippen molar-refractivity contribution in [1.82, 2.24) is 0 Å². The number of hydrogen-bond donors (Lipinski definition) is 0. The Balaban J connectivity index is 4.32. The van der Waals surface area contributed by atoms with Crippen molar-refractivity contribution in [1.29, 1.82) is 0 Å². The largest absolute Gasteiger partial charge is 0.462 e. The second kappa shape index (κ2) is 59.9. The maximum Gasteiger partial charge on any atom is 0.306 e. The molecule has 0 saturated heterocycles. The van der Waals surface area contributed by atoms with Crippen molar-refractivity contribution in [2.24, 2.45) is 0 Å². The first kappa shape index (κ1) is 68.3. The van der Waals surface area contributed by atoms with E-state index in [4.69, 9.17) is 14.2 Å². The lowest BCUT2D eigenvalue weighted by atomic mass is 10.1. The Morgan fingerprint density at radius 1 is 0.292 bits per heavy atom. The van der Waals surface area contributed by atoms with Gasteiger partial charge in [0, 0.05) is 19.3 Å². The van der Waals surface area contributed by atoms with Crippen LogP contribution >= 0.6 is 0 Å². The number of rotatable bonds is 54. The van der Waals surface area contributed by atoms with Crippen LogP contribution in [0.3, 0.4) is 0 Å². The SMILES string of the molecule is CC/C=C\C/C=C\C/C=C\C/C=C\C/C=C\CCCCCCCCCCCC(=O)OCC(COC(=O)CCCCCCC/C=C\CCCC)OC(=O)CCCCCCCCC/C=C\C/C=C\CCCCCC. The van der Waals surface area contributed by atoms with E-state index < -0.39 is 6.10 Å². The summed E-state index contributed by atoms with van der Waals surface area (Å²) >= 11 is 0. The molecule has 0 aliphatic rings. The molecule has 0 spiro atoms. The molecule has 0 aromatic heterocycles. The highest BCUT2D eigenvalue weighted by Crippen LogP contribution is 2.15. The van der Waals surface area contributed by atoms with E-state index in [9.17, 15) is 14.4 Å². The molecule has 0 bridgehead atoms. The Bertz CT molecular complexity index is 1430. The zero-order valence-corrected chi connectivity index (χ0v) is 47.2. The minimum absolute atomic E-state index is 0.0865. The molecular weight excluding hydrogens is 889 g/mol. The van der Waals surface area contributed by atoms with E-state index in [2.05, 4.69) is 118 Å². The number of esters is 3. The van der Waals surface area contributed by atoms with E-state index in [1.807, 2.05) is 0 Å². The van der Waals surface area contributed by atoms with Gasteiger partial charge in [-0.3, -0.25) is 14.4 Å². The minimum Gasteiger partial charge on any atom is -0.462 e. The molecule has 6 nitrogen and oxygen atoms in total. The molecule has 0 aliphatic carbocycles. The van der Waals surface area contributed by atoms with Crippen LogP contribution in [-0.4, -0.2) is 37.2 Å². The van der Waals surface area contributed by atoms with Crippen molar-refractivity contribution in [3.63, 3.8) is 0 Å². The van der Waals surface area contributed by atoms with Gasteiger partial charge in [-0.2, -0.15) is 0 Å². The van der Waals surface area contributed by atoms with Crippen LogP contribution in [0.15, 0.2) is 97.2 Å². The van der Waals surface area contributed by atoms with Gasteiger partial charge in [-0.1, -0.05) is 246 Å². The third-order valence-electron chi connectivity index (χ3n) is 12.8. The molecule has 0 rings (SSSR count). The second-order valence-corrected chi connectivity index (χ2v) is 19.9. The van der Waals surface area contributed by atoms with Crippen molar-refractivity contribution in [2.45, 2.75) is 290 Å². The van der Waals surface area contributed by atoms with Crippen molar-refractivity contribution >= 4 is 17.9 Å². The van der Waals surface area contributed by atoms with E-state index in [0.29, 0.717) is 19.3 Å². The average molecular weight is 1000 g/mol. The molecule has 1 unspecified atom stereocenters. The van der Waals surface area contributed by atoms with Gasteiger partial charge in [-0.25, -0.2) is 0 Å².